The molecule has 2 rings (SSSR count). The summed E-state index contributed by atoms with van der Waals surface area (Å²) in [5, 5.41) is 8.31. The van der Waals surface area contributed by atoms with Crippen molar-refractivity contribution in [3.63, 3.8) is 0 Å². The van der Waals surface area contributed by atoms with Gasteiger partial charge in [-0.05, 0) is 18.1 Å². The molecule has 4 heteroatoms. The van der Waals surface area contributed by atoms with E-state index in [1.807, 2.05) is 12.1 Å². The van der Waals surface area contributed by atoms with E-state index in [9.17, 15) is 0 Å². The van der Waals surface area contributed by atoms with Crippen LogP contribution >= 0.6 is 0 Å². The summed E-state index contributed by atoms with van der Waals surface area (Å²) in [5.74, 6) is 0.436. The van der Waals surface area contributed by atoms with Crippen molar-refractivity contribution in [2.75, 3.05) is 0 Å². The molecule has 68 valence electrons. The molecule has 2 heterocycles. The second-order valence-electron chi connectivity index (χ2n) is 3.42. The average molecular weight is 176 g/mol. The van der Waals surface area contributed by atoms with Gasteiger partial charge in [0.1, 0.15) is 5.52 Å². The third kappa shape index (κ3) is 1.39. The number of aromatic nitrogens is 4. The molecule has 0 aliphatic rings. The van der Waals surface area contributed by atoms with Gasteiger partial charge in [-0.3, -0.25) is 0 Å². The summed E-state index contributed by atoms with van der Waals surface area (Å²) in [6, 6.07) is 3.96. The van der Waals surface area contributed by atoms with Crippen LogP contribution in [0.25, 0.3) is 11.2 Å². The van der Waals surface area contributed by atoms with Gasteiger partial charge in [0.05, 0.1) is 0 Å². The highest BCUT2D eigenvalue weighted by Gasteiger charge is 2.05. The smallest absolute Gasteiger partial charge is 0.202 e. The van der Waals surface area contributed by atoms with Crippen molar-refractivity contribution in [2.24, 2.45) is 7.05 Å². The molecule has 0 radical (unpaired) electrons. The Morgan fingerprint density at radius 3 is 2.69 bits per heavy atom. The number of pyridine rings is 1. The van der Waals surface area contributed by atoms with Gasteiger partial charge in [-0.25, -0.2) is 4.98 Å². The van der Waals surface area contributed by atoms with Crippen molar-refractivity contribution in [1.29, 1.82) is 0 Å². The van der Waals surface area contributed by atoms with E-state index in [2.05, 4.69) is 29.0 Å². The highest BCUT2D eigenvalue weighted by molar-refractivity contribution is 5.68. The quantitative estimate of drug-likeness (QED) is 0.661. The second-order valence-corrected chi connectivity index (χ2v) is 3.42. The van der Waals surface area contributed by atoms with Gasteiger partial charge in [-0.2, -0.15) is 9.90 Å². The second kappa shape index (κ2) is 2.80. The average Bonchev–Trinajstić information content (AvgIpc) is 2.42. The van der Waals surface area contributed by atoms with Gasteiger partial charge in [0.25, 0.3) is 0 Å². The molecule has 0 saturated heterocycles. The zero-order chi connectivity index (χ0) is 9.42. The number of aryl methyl sites for hydroxylation is 1. The minimum atomic E-state index is 0.436. The maximum absolute atomic E-state index is 4.40. The van der Waals surface area contributed by atoms with Crippen LogP contribution in [0.3, 0.4) is 0 Å². The van der Waals surface area contributed by atoms with Crippen LogP contribution in [0.5, 0.6) is 0 Å². The molecule has 2 aromatic rings. The van der Waals surface area contributed by atoms with Crippen LogP contribution in [0, 0.1) is 0 Å². The first-order valence-electron chi connectivity index (χ1n) is 4.35. The third-order valence-electron chi connectivity index (χ3n) is 1.96. The van der Waals surface area contributed by atoms with Crippen LogP contribution < -0.4 is 0 Å². The van der Waals surface area contributed by atoms with Crippen molar-refractivity contribution in [1.82, 2.24) is 20.0 Å². The Hall–Kier alpha value is -1.45. The molecule has 0 aliphatic heterocycles. The third-order valence-corrected chi connectivity index (χ3v) is 1.96. The van der Waals surface area contributed by atoms with Crippen LogP contribution in [0.4, 0.5) is 0 Å². The summed E-state index contributed by atoms with van der Waals surface area (Å²) in [5.41, 5.74) is 2.65. The van der Waals surface area contributed by atoms with E-state index in [-0.39, 0.29) is 0 Å². The van der Waals surface area contributed by atoms with E-state index < -0.39 is 0 Å². The predicted molar refractivity (Wildman–Crippen MR) is 50.4 cm³/mol. The lowest BCUT2D eigenvalue weighted by molar-refractivity contribution is 0.663. The Bertz CT molecular complexity index is 430. The molecule has 0 N–H and O–H groups in total. The van der Waals surface area contributed by atoms with Crippen molar-refractivity contribution in [3.05, 3.63) is 17.8 Å². The maximum atomic E-state index is 4.40. The highest BCUT2D eigenvalue weighted by atomic mass is 15.5. The fourth-order valence-electron chi connectivity index (χ4n) is 1.24. The molecular formula is C9H12N4. The minimum Gasteiger partial charge on any atom is -0.230 e. The Morgan fingerprint density at radius 1 is 1.23 bits per heavy atom. The van der Waals surface area contributed by atoms with Crippen LogP contribution in [-0.2, 0) is 7.05 Å². The van der Waals surface area contributed by atoms with Crippen molar-refractivity contribution >= 4 is 11.2 Å². The molecule has 2 aromatic heterocycles. The lowest BCUT2D eigenvalue weighted by atomic mass is 10.1. The molecule has 0 bridgehead atoms. The largest absolute Gasteiger partial charge is 0.230 e. The summed E-state index contributed by atoms with van der Waals surface area (Å²) in [4.78, 5) is 5.94. The topological polar surface area (TPSA) is 43.6 Å². The summed E-state index contributed by atoms with van der Waals surface area (Å²) in [7, 11) is 1.80. The predicted octanol–water partition coefficient (Wildman–Crippen LogP) is 1.49. The molecule has 0 amide bonds. The van der Waals surface area contributed by atoms with Gasteiger partial charge in [0, 0.05) is 12.7 Å². The molecule has 4 nitrogen and oxygen atoms in total. The Balaban J connectivity index is 2.61. The first-order valence-corrected chi connectivity index (χ1v) is 4.35. The SMILES string of the molecule is CC(C)c1ccc2nn(C)nc2n1. The van der Waals surface area contributed by atoms with Gasteiger partial charge in [-0.15, -0.1) is 5.10 Å². The van der Waals surface area contributed by atoms with Crippen molar-refractivity contribution in [3.8, 4) is 0 Å². The zero-order valence-corrected chi connectivity index (χ0v) is 8.02. The van der Waals surface area contributed by atoms with Crippen LogP contribution in [-0.4, -0.2) is 20.0 Å². The molecule has 0 unspecified atom stereocenters. The highest BCUT2D eigenvalue weighted by Crippen LogP contribution is 2.14. The molecule has 0 atom stereocenters. The Labute approximate surface area is 76.6 Å². The van der Waals surface area contributed by atoms with E-state index in [4.69, 9.17) is 0 Å². The minimum absolute atomic E-state index is 0.436. The van der Waals surface area contributed by atoms with Gasteiger partial charge < -0.3 is 0 Å². The standard InChI is InChI=1S/C9H12N4/c1-6(2)7-4-5-8-9(10-7)12-13(3)11-8/h4-6H,1-3H3. The summed E-state index contributed by atoms with van der Waals surface area (Å²) >= 11 is 0. The lowest BCUT2D eigenvalue weighted by Crippen LogP contribution is -1.92. The first kappa shape index (κ1) is 8.16. The van der Waals surface area contributed by atoms with Gasteiger partial charge in [-0.1, -0.05) is 13.8 Å². The number of fused-ring (bicyclic) bond motifs is 1. The van der Waals surface area contributed by atoms with Gasteiger partial charge >= 0.3 is 0 Å². The molecule has 0 spiro atoms. The molecular weight excluding hydrogens is 164 g/mol. The van der Waals surface area contributed by atoms with Crippen LogP contribution in [0.2, 0.25) is 0 Å². The summed E-state index contributed by atoms with van der Waals surface area (Å²) in [6.45, 7) is 4.23. The molecule has 0 aromatic carbocycles. The number of rotatable bonds is 1. The molecule has 13 heavy (non-hydrogen) atoms. The Morgan fingerprint density at radius 2 is 2.00 bits per heavy atom. The summed E-state index contributed by atoms with van der Waals surface area (Å²) < 4.78 is 0. The number of hydrogen-bond acceptors (Lipinski definition) is 3. The Kier molecular flexibility index (Phi) is 1.76. The fourth-order valence-corrected chi connectivity index (χ4v) is 1.24. The first-order chi connectivity index (χ1) is 6.16. The normalized spacial score (nSPS) is 11.4. The zero-order valence-electron chi connectivity index (χ0n) is 8.02. The fraction of sp³-hybridized carbons (Fsp3) is 0.444. The van der Waals surface area contributed by atoms with Crippen LogP contribution in [0.15, 0.2) is 12.1 Å². The maximum Gasteiger partial charge on any atom is 0.202 e. The van der Waals surface area contributed by atoms with E-state index >= 15 is 0 Å². The van der Waals surface area contributed by atoms with Crippen molar-refractivity contribution in [2.45, 2.75) is 19.8 Å². The monoisotopic (exact) mass is 176 g/mol. The molecule has 0 saturated carbocycles. The van der Waals surface area contributed by atoms with Crippen molar-refractivity contribution < 1.29 is 0 Å². The van der Waals surface area contributed by atoms with E-state index in [0.29, 0.717) is 5.92 Å². The lowest BCUT2D eigenvalue weighted by Gasteiger charge is -2.01. The number of nitrogens with zero attached hydrogens (tertiary/aromatic N) is 4. The van der Waals surface area contributed by atoms with E-state index in [1.165, 1.54) is 0 Å². The molecule has 0 fully saturated rings. The van der Waals surface area contributed by atoms with Gasteiger partial charge in [0.2, 0.25) is 5.65 Å². The van der Waals surface area contributed by atoms with E-state index in [0.717, 1.165) is 16.9 Å². The van der Waals surface area contributed by atoms with E-state index in [1.54, 1.807) is 11.8 Å². The number of hydrogen-bond donors (Lipinski definition) is 0. The molecule has 0 aliphatic carbocycles. The van der Waals surface area contributed by atoms with Gasteiger partial charge in [0.15, 0.2) is 0 Å². The summed E-state index contributed by atoms with van der Waals surface area (Å²) in [6.07, 6.45) is 0. The van der Waals surface area contributed by atoms with Crippen LogP contribution in [0.1, 0.15) is 25.5 Å².